The molecule has 0 aliphatic heterocycles. The summed E-state index contributed by atoms with van der Waals surface area (Å²) in [7, 11) is -37.6. The summed E-state index contributed by atoms with van der Waals surface area (Å²) in [6.07, 6.45) is 0.999. The number of thiazole rings is 1. The van der Waals surface area contributed by atoms with Crippen LogP contribution in [0.3, 0.4) is 0 Å². The number of nitrogens with zero attached hydrogens (tertiary/aromatic N) is 9. The first-order chi connectivity index (χ1) is 40.0. The fourth-order valence-corrected chi connectivity index (χ4v) is 12.1. The van der Waals surface area contributed by atoms with E-state index in [9.17, 15) is 92.8 Å². The third kappa shape index (κ3) is 17.1. The molecule has 0 atom stereocenters. The molecule has 2 heterocycles. The Morgan fingerprint density at radius 2 is 1.03 bits per heavy atom. The van der Waals surface area contributed by atoms with Gasteiger partial charge in [-0.05, 0) is 66.7 Å². The van der Waals surface area contributed by atoms with Crippen LogP contribution in [-0.2, 0) is 96.3 Å². The number of phenols is 1. The molecule has 8 aromatic rings. The smallest absolute Gasteiger partial charge is 0.425 e. The summed E-state index contributed by atoms with van der Waals surface area (Å²) in [5, 5.41) is 48.8. The van der Waals surface area contributed by atoms with Crippen molar-refractivity contribution in [1.82, 2.24) is 14.8 Å². The number of rotatable bonds is 14. The van der Waals surface area contributed by atoms with Gasteiger partial charge < -0.3 is 15.5 Å². The van der Waals surface area contributed by atoms with Gasteiger partial charge in [0.05, 0.1) is 27.2 Å². The van der Waals surface area contributed by atoms with Crippen molar-refractivity contribution in [2.45, 2.75) is 36.3 Å². The van der Waals surface area contributed by atoms with Crippen molar-refractivity contribution in [2.24, 2.45) is 30.7 Å². The Morgan fingerprint density at radius 1 is 0.540 bits per heavy atom. The molecule has 39 nitrogen and oxygen atoms in total. The Labute approximate surface area is 490 Å². The van der Waals surface area contributed by atoms with Crippen molar-refractivity contribution in [3.05, 3.63) is 85.1 Å². The number of benzene rings is 6. The van der Waals surface area contributed by atoms with Gasteiger partial charge in [-0.3, -0.25) is 32.1 Å². The predicted molar refractivity (Wildman–Crippen MR) is 285 cm³/mol. The first-order valence-electron chi connectivity index (χ1n) is 21.2. The molecular formula is C39H26N10O29S9. The number of phenolic OH excluding ortho intramolecular Hbond substituents is 1. The molecule has 9 N–H and O–H groups in total. The molecule has 0 radical (unpaired) electrons. The molecule has 8 rings (SSSR count). The van der Waals surface area contributed by atoms with Crippen molar-refractivity contribution < 1.29 is 128 Å². The summed E-state index contributed by atoms with van der Waals surface area (Å²) in [5.74, 6) is -2.63. The maximum Gasteiger partial charge on any atom is 0.425 e. The Bertz CT molecular complexity index is 5260. The molecule has 1 amide bonds. The molecule has 0 unspecified atom stereocenters. The molecule has 48 heteroatoms. The van der Waals surface area contributed by atoms with Crippen LogP contribution >= 0.6 is 11.3 Å². The first-order valence-corrected chi connectivity index (χ1v) is 32.6. The maximum atomic E-state index is 12.8. The monoisotopic (exact) mass is 1390 g/mol. The van der Waals surface area contributed by atoms with Crippen LogP contribution in [0.1, 0.15) is 6.92 Å². The van der Waals surface area contributed by atoms with Gasteiger partial charge in [-0.1, -0.05) is 23.5 Å². The van der Waals surface area contributed by atoms with Crippen LogP contribution < -0.4 is 5.32 Å². The number of azo groups is 3. The molecule has 0 saturated heterocycles. The van der Waals surface area contributed by atoms with E-state index in [1.807, 2.05) is 0 Å². The molecule has 0 bridgehead atoms. The van der Waals surface area contributed by atoms with Crippen molar-refractivity contribution in [3.63, 3.8) is 0 Å². The van der Waals surface area contributed by atoms with Gasteiger partial charge in [0.2, 0.25) is 16.9 Å². The largest absolute Gasteiger partial charge is 0.505 e. The lowest BCUT2D eigenvalue weighted by Crippen LogP contribution is -2.08. The van der Waals surface area contributed by atoms with Crippen molar-refractivity contribution in [1.29, 1.82) is 0 Å². The standard InChI is InChI=1S/C38H26N10O21S7.CO2.2O3S/c1-16(49)40-25-13-27(33(75(64,65)66)14-26(25)44-47-38-41-34-29(70-38)3-2-4-30(34)72(55,56)57)45-42-23-7-6-20-19(35(23)50)5-8-24(36(20)76(67,68)69)43-46-28-15-39-48(37(28)51)17-9-21-22(31(10-17)73(58,59)60)11-18(71(52,53)54)12-32(21)74(61,62)63;2-1-3;2*1-4(2)3/h2-15,50-51H,1H3,(H,40,49)(H,52,53,54)(H,55,56,57)(H,58,59,60)(H,61,62,63)(H,64,65,66)(H,67,68,69);;;. The highest BCUT2D eigenvalue weighted by Crippen LogP contribution is 2.44. The SMILES string of the molecule is CC(=O)Nc1cc(N=Nc2ccc3c(S(=O)(=O)O)c(N=Nc4cnn(-c5cc(S(=O)(=O)O)c6cc(S(=O)(=O)O)cc(S(=O)(=O)O)c6c5)c4O)ccc3c2O)c(S(=O)(=O)O)cc1N=Nc1nc2c(S(=O)(=O)O)cccc2s1.O=C=O.O=S(=O)=O.O=S(=O)=O. The Balaban J connectivity index is 0.00000116. The topological polar surface area (TPSA) is 637 Å². The summed E-state index contributed by atoms with van der Waals surface area (Å²) in [6.45, 7) is 1.06. The zero-order chi connectivity index (χ0) is 65.7. The van der Waals surface area contributed by atoms with E-state index in [1.165, 1.54) is 12.1 Å². The zero-order valence-electron chi connectivity index (χ0n) is 41.4. The second kappa shape index (κ2) is 26.2. The van der Waals surface area contributed by atoms with Crippen LogP contribution in [0.5, 0.6) is 11.6 Å². The highest BCUT2D eigenvalue weighted by atomic mass is 32.2. The van der Waals surface area contributed by atoms with E-state index < -0.39 is 179 Å². The highest BCUT2D eigenvalue weighted by Gasteiger charge is 2.28. The highest BCUT2D eigenvalue weighted by molar-refractivity contribution is 7.87. The average molecular weight is 1390 g/mol. The molecule has 87 heavy (non-hydrogen) atoms. The molecule has 0 fully saturated rings. The second-order valence-corrected chi connectivity index (χ2v) is 25.9. The molecule has 0 saturated carbocycles. The molecule has 460 valence electrons. The van der Waals surface area contributed by atoms with Crippen molar-refractivity contribution >= 4 is 176 Å². The van der Waals surface area contributed by atoms with Gasteiger partial charge in [-0.25, -0.2) is 4.98 Å². The van der Waals surface area contributed by atoms with Crippen molar-refractivity contribution in [3.8, 4) is 17.3 Å². The predicted octanol–water partition coefficient (Wildman–Crippen LogP) is 4.29. The summed E-state index contributed by atoms with van der Waals surface area (Å²) in [4.78, 5) is 26.2. The van der Waals surface area contributed by atoms with Gasteiger partial charge in [-0.2, -0.15) is 69.9 Å². The van der Waals surface area contributed by atoms with Gasteiger partial charge in [0.15, 0.2) is 11.4 Å². The number of carbonyl (C=O) groups is 1. The number of carbonyl (C=O) groups excluding carboxylic acids is 3. The summed E-state index contributed by atoms with van der Waals surface area (Å²) >= 11 is 0.810. The molecule has 2 aromatic heterocycles. The Morgan fingerprint density at radius 3 is 1.57 bits per heavy atom. The third-order valence-electron chi connectivity index (χ3n) is 10.2. The third-order valence-corrected chi connectivity index (χ3v) is 16.4. The van der Waals surface area contributed by atoms with Crippen LogP contribution in [0.15, 0.2) is 145 Å². The van der Waals surface area contributed by atoms with E-state index >= 15 is 0 Å². The molecule has 0 aliphatic rings. The summed E-state index contributed by atoms with van der Waals surface area (Å²) < 4.78 is 259. The number of fused-ring (bicyclic) bond motifs is 3. The molecule has 0 spiro atoms. The van der Waals surface area contributed by atoms with Crippen LogP contribution in [0.2, 0.25) is 0 Å². The van der Waals surface area contributed by atoms with Crippen LogP contribution in [-0.4, -0.2) is 140 Å². The lowest BCUT2D eigenvalue weighted by molar-refractivity contribution is -0.191. The molecule has 6 aromatic carbocycles. The van der Waals surface area contributed by atoms with Crippen LogP contribution in [0.4, 0.5) is 39.3 Å². The number of aromatic nitrogens is 3. The van der Waals surface area contributed by atoms with E-state index in [1.54, 1.807) is 0 Å². The summed E-state index contributed by atoms with van der Waals surface area (Å²) in [5.41, 5.74) is -3.96. The fourth-order valence-electron chi connectivity index (χ4n) is 7.11. The number of para-hydroxylation sites is 1. The fraction of sp³-hybridized carbons (Fsp3) is 0.0256. The van der Waals surface area contributed by atoms with E-state index in [0.717, 1.165) is 66.9 Å². The Hall–Kier alpha value is -9.11. The van der Waals surface area contributed by atoms with E-state index in [4.69, 9.17) is 34.8 Å². The van der Waals surface area contributed by atoms with Gasteiger partial charge in [0.1, 0.15) is 52.7 Å². The lowest BCUT2D eigenvalue weighted by atomic mass is 10.1. The number of hydrogen-bond donors (Lipinski definition) is 9. The minimum atomic E-state index is -5.43. The van der Waals surface area contributed by atoms with E-state index in [0.29, 0.717) is 22.9 Å². The van der Waals surface area contributed by atoms with E-state index in [-0.39, 0.29) is 38.6 Å². The van der Waals surface area contributed by atoms with Gasteiger partial charge in [0, 0.05) is 28.5 Å². The van der Waals surface area contributed by atoms with Crippen LogP contribution in [0, 0.1) is 0 Å². The average Bonchev–Trinajstić information content (AvgIpc) is 1.12. The lowest BCUT2D eigenvalue weighted by Gasteiger charge is -2.13. The number of aromatic hydroxyl groups is 2. The maximum absolute atomic E-state index is 12.8. The van der Waals surface area contributed by atoms with Crippen LogP contribution in [0.25, 0.3) is 37.4 Å². The minimum absolute atomic E-state index is 0.166. The van der Waals surface area contributed by atoms with E-state index in [2.05, 4.69) is 46.1 Å². The normalized spacial score (nSPS) is 12.3. The van der Waals surface area contributed by atoms with Gasteiger partial charge >= 0.3 is 27.4 Å². The number of hydrogen-bond acceptors (Lipinski definition) is 32. The number of anilines is 1. The van der Waals surface area contributed by atoms with Crippen molar-refractivity contribution in [2.75, 3.05) is 5.32 Å². The molecular weight excluding hydrogens is 1360 g/mol. The summed E-state index contributed by atoms with van der Waals surface area (Å²) in [6, 6.07) is 11.4. The second-order valence-electron chi connectivity index (χ2n) is 15.7. The Kier molecular flexibility index (Phi) is 20.7. The van der Waals surface area contributed by atoms with Gasteiger partial charge in [-0.15, -0.1) is 55.9 Å². The molecule has 0 aliphatic carbocycles. The number of amides is 1. The van der Waals surface area contributed by atoms with Gasteiger partial charge in [0.25, 0.3) is 60.7 Å². The minimum Gasteiger partial charge on any atom is -0.505 e. The number of nitrogens with one attached hydrogen (secondary N) is 1. The first kappa shape index (κ1) is 68.7. The zero-order valence-corrected chi connectivity index (χ0v) is 48.8. The quantitative estimate of drug-likeness (QED) is 0.0541.